The zero-order valence-electron chi connectivity index (χ0n) is 14.0. The maximum absolute atomic E-state index is 12.9. The van der Waals surface area contributed by atoms with Gasteiger partial charge >= 0.3 is 6.18 Å². The van der Waals surface area contributed by atoms with Gasteiger partial charge in [-0.15, -0.1) is 0 Å². The van der Waals surface area contributed by atoms with Gasteiger partial charge in [0.2, 0.25) is 5.91 Å². The molecule has 0 aliphatic heterocycles. The lowest BCUT2D eigenvalue weighted by Gasteiger charge is -2.12. The third-order valence-electron chi connectivity index (χ3n) is 3.92. The molecule has 0 fully saturated rings. The first-order chi connectivity index (χ1) is 12.7. The van der Waals surface area contributed by atoms with Gasteiger partial charge in [-0.05, 0) is 36.8 Å². The lowest BCUT2D eigenvalue weighted by molar-refractivity contribution is -0.137. The Morgan fingerprint density at radius 2 is 2.00 bits per heavy atom. The van der Waals surface area contributed by atoms with Crippen LogP contribution in [0, 0.1) is 6.92 Å². The molecule has 3 aromatic rings. The molecule has 0 spiro atoms. The molecule has 0 radical (unpaired) electrons. The Morgan fingerprint density at radius 3 is 2.70 bits per heavy atom. The third-order valence-corrected chi connectivity index (χ3v) is 4.25. The minimum Gasteiger partial charge on any atom is -0.325 e. The van der Waals surface area contributed by atoms with Crippen LogP contribution >= 0.6 is 11.6 Å². The van der Waals surface area contributed by atoms with Crippen LogP contribution in [-0.2, 0) is 17.5 Å². The molecule has 1 heterocycles. The number of fused-ring (bicyclic) bond motifs is 1. The van der Waals surface area contributed by atoms with Crippen LogP contribution in [0.4, 0.5) is 18.9 Å². The number of para-hydroxylation sites is 1. The molecule has 5 nitrogen and oxygen atoms in total. The van der Waals surface area contributed by atoms with E-state index in [-0.39, 0.29) is 12.2 Å². The predicted molar refractivity (Wildman–Crippen MR) is 95.8 cm³/mol. The number of hydrogen-bond donors (Lipinski definition) is 1. The van der Waals surface area contributed by atoms with E-state index in [9.17, 15) is 22.8 Å². The first-order valence-electron chi connectivity index (χ1n) is 7.78. The van der Waals surface area contributed by atoms with Crippen LogP contribution in [0.2, 0.25) is 5.02 Å². The van der Waals surface area contributed by atoms with Gasteiger partial charge in [0.25, 0.3) is 5.56 Å². The average Bonchev–Trinajstić information content (AvgIpc) is 2.59. The number of benzene rings is 2. The van der Waals surface area contributed by atoms with Crippen LogP contribution in [0.5, 0.6) is 0 Å². The molecule has 2 aromatic carbocycles. The monoisotopic (exact) mass is 395 g/mol. The van der Waals surface area contributed by atoms with Gasteiger partial charge in [0.1, 0.15) is 6.54 Å². The molecule has 1 N–H and O–H groups in total. The number of carbonyl (C=O) groups is 1. The smallest absolute Gasteiger partial charge is 0.325 e. The molecule has 0 saturated heterocycles. The van der Waals surface area contributed by atoms with E-state index in [1.165, 1.54) is 12.4 Å². The van der Waals surface area contributed by atoms with Gasteiger partial charge in [0.15, 0.2) is 0 Å². The summed E-state index contributed by atoms with van der Waals surface area (Å²) in [6, 6.07) is 8.15. The first-order valence-corrected chi connectivity index (χ1v) is 8.16. The van der Waals surface area contributed by atoms with Crippen molar-refractivity contribution in [2.75, 3.05) is 5.32 Å². The molecule has 0 aliphatic rings. The summed E-state index contributed by atoms with van der Waals surface area (Å²) < 4.78 is 39.8. The van der Waals surface area contributed by atoms with Crippen molar-refractivity contribution < 1.29 is 18.0 Å². The molecule has 0 saturated carbocycles. The maximum atomic E-state index is 12.9. The van der Waals surface area contributed by atoms with E-state index in [0.717, 1.165) is 22.3 Å². The van der Waals surface area contributed by atoms with Gasteiger partial charge in [-0.1, -0.05) is 23.7 Å². The molecule has 27 heavy (non-hydrogen) atoms. The summed E-state index contributed by atoms with van der Waals surface area (Å²) in [6.07, 6.45) is -3.41. The Bertz CT molecular complexity index is 1090. The van der Waals surface area contributed by atoms with E-state index >= 15 is 0 Å². The Labute approximate surface area is 156 Å². The van der Waals surface area contributed by atoms with E-state index in [0.29, 0.717) is 10.9 Å². The van der Waals surface area contributed by atoms with Crippen LogP contribution in [0.25, 0.3) is 10.9 Å². The number of aromatic nitrogens is 2. The van der Waals surface area contributed by atoms with Crippen molar-refractivity contribution in [1.82, 2.24) is 9.55 Å². The second kappa shape index (κ2) is 7.03. The molecule has 0 atom stereocenters. The maximum Gasteiger partial charge on any atom is 0.417 e. The number of nitrogens with one attached hydrogen (secondary N) is 1. The van der Waals surface area contributed by atoms with Gasteiger partial charge in [0, 0.05) is 5.69 Å². The Hall–Kier alpha value is -2.87. The topological polar surface area (TPSA) is 64.0 Å². The van der Waals surface area contributed by atoms with Crippen LogP contribution in [0.15, 0.2) is 47.5 Å². The summed E-state index contributed by atoms with van der Waals surface area (Å²) in [7, 11) is 0. The number of carbonyl (C=O) groups excluding carboxylic acids is 1. The Morgan fingerprint density at radius 1 is 1.26 bits per heavy atom. The Balaban J connectivity index is 1.84. The number of aryl methyl sites for hydroxylation is 1. The van der Waals surface area contributed by atoms with Crippen LogP contribution < -0.4 is 10.9 Å². The quantitative estimate of drug-likeness (QED) is 0.728. The highest BCUT2D eigenvalue weighted by molar-refractivity contribution is 6.31. The molecule has 0 aliphatic carbocycles. The Kier molecular flexibility index (Phi) is 4.93. The fraction of sp³-hybridized carbons (Fsp3) is 0.167. The summed E-state index contributed by atoms with van der Waals surface area (Å²) >= 11 is 5.55. The molecular formula is C18H13ClF3N3O2. The summed E-state index contributed by atoms with van der Waals surface area (Å²) in [5.41, 5.74) is -0.184. The molecule has 1 aromatic heterocycles. The zero-order valence-corrected chi connectivity index (χ0v) is 14.7. The fourth-order valence-corrected chi connectivity index (χ4v) is 2.85. The number of amides is 1. The molecule has 1 amide bonds. The number of alkyl halides is 3. The summed E-state index contributed by atoms with van der Waals surface area (Å²) in [6.45, 7) is 1.42. The predicted octanol–water partition coefficient (Wildman–Crippen LogP) is 4.02. The van der Waals surface area contributed by atoms with Crippen molar-refractivity contribution in [2.45, 2.75) is 19.6 Å². The summed E-state index contributed by atoms with van der Waals surface area (Å²) in [5, 5.41) is 2.22. The number of rotatable bonds is 3. The van der Waals surface area contributed by atoms with Crippen LogP contribution in [0.1, 0.15) is 11.1 Å². The first kappa shape index (κ1) is 18.9. The van der Waals surface area contributed by atoms with Crippen molar-refractivity contribution in [3.8, 4) is 0 Å². The van der Waals surface area contributed by atoms with Crippen molar-refractivity contribution >= 4 is 34.1 Å². The van der Waals surface area contributed by atoms with Gasteiger partial charge in [0.05, 0.1) is 27.8 Å². The molecule has 0 bridgehead atoms. The van der Waals surface area contributed by atoms with Crippen LogP contribution in [0.3, 0.4) is 0 Å². The highest BCUT2D eigenvalue weighted by Gasteiger charge is 2.33. The second-order valence-corrected chi connectivity index (χ2v) is 6.30. The SMILES string of the molecule is Cc1cccc2c(=O)n(CC(=O)Nc3ccc(Cl)c(C(F)(F)F)c3)cnc12. The number of halogens is 4. The molecule has 140 valence electrons. The number of nitrogens with zero attached hydrogens (tertiary/aromatic N) is 2. The number of anilines is 1. The standard InChI is InChI=1S/C18H13ClF3N3O2/c1-10-3-2-4-12-16(10)23-9-25(17(12)27)8-15(26)24-11-5-6-14(19)13(7-11)18(20,21)22/h2-7,9H,8H2,1H3,(H,24,26). The van der Waals surface area contributed by atoms with E-state index in [1.807, 2.05) is 13.0 Å². The van der Waals surface area contributed by atoms with E-state index in [1.54, 1.807) is 12.1 Å². The van der Waals surface area contributed by atoms with E-state index < -0.39 is 28.2 Å². The largest absolute Gasteiger partial charge is 0.417 e. The van der Waals surface area contributed by atoms with Gasteiger partial charge in [-0.25, -0.2) is 4.98 Å². The van der Waals surface area contributed by atoms with Crippen molar-refractivity contribution in [3.63, 3.8) is 0 Å². The highest BCUT2D eigenvalue weighted by Crippen LogP contribution is 2.36. The molecule has 0 unspecified atom stereocenters. The van der Waals surface area contributed by atoms with Crippen molar-refractivity contribution in [2.24, 2.45) is 0 Å². The van der Waals surface area contributed by atoms with Crippen molar-refractivity contribution in [3.05, 3.63) is 69.2 Å². The summed E-state index contributed by atoms with van der Waals surface area (Å²) in [4.78, 5) is 28.8. The fourth-order valence-electron chi connectivity index (χ4n) is 2.63. The van der Waals surface area contributed by atoms with Gasteiger partial charge in [-0.2, -0.15) is 13.2 Å². The minimum atomic E-state index is -4.64. The lowest BCUT2D eigenvalue weighted by Crippen LogP contribution is -2.28. The highest BCUT2D eigenvalue weighted by atomic mass is 35.5. The van der Waals surface area contributed by atoms with Crippen LogP contribution in [-0.4, -0.2) is 15.5 Å². The lowest BCUT2D eigenvalue weighted by atomic mass is 10.1. The summed E-state index contributed by atoms with van der Waals surface area (Å²) in [5.74, 6) is -0.665. The molecular weight excluding hydrogens is 383 g/mol. The van der Waals surface area contributed by atoms with E-state index in [4.69, 9.17) is 11.6 Å². The second-order valence-electron chi connectivity index (χ2n) is 5.89. The third kappa shape index (κ3) is 3.95. The zero-order chi connectivity index (χ0) is 19.8. The average molecular weight is 396 g/mol. The molecule has 3 rings (SSSR count). The minimum absolute atomic E-state index is 0.0747. The van der Waals surface area contributed by atoms with Crippen molar-refractivity contribution in [1.29, 1.82) is 0 Å². The van der Waals surface area contributed by atoms with E-state index in [2.05, 4.69) is 10.3 Å². The normalized spacial score (nSPS) is 11.6. The molecule has 9 heteroatoms. The van der Waals surface area contributed by atoms with Gasteiger partial charge < -0.3 is 5.32 Å². The van der Waals surface area contributed by atoms with Gasteiger partial charge in [-0.3, -0.25) is 14.2 Å². The number of hydrogen-bond acceptors (Lipinski definition) is 3.